The molecule has 2 heterocycles. The minimum Gasteiger partial charge on any atom is -0.406 e. The van der Waals surface area contributed by atoms with Gasteiger partial charge in [-0.1, -0.05) is 22.7 Å². The maximum absolute atomic E-state index is 12.2. The van der Waals surface area contributed by atoms with E-state index in [1.807, 2.05) is 6.92 Å². The molecule has 0 spiro atoms. The van der Waals surface area contributed by atoms with Crippen molar-refractivity contribution in [1.82, 2.24) is 14.6 Å². The smallest absolute Gasteiger partial charge is 0.406 e. The summed E-state index contributed by atoms with van der Waals surface area (Å²) < 4.78 is 44.8. The molecular formula is C13H9F3N4O2S2. The average molecular weight is 374 g/mol. The molecule has 1 N–H and O–H groups in total. The van der Waals surface area contributed by atoms with Crippen molar-refractivity contribution in [2.24, 2.45) is 0 Å². The lowest BCUT2D eigenvalue weighted by Gasteiger charge is -2.07. The van der Waals surface area contributed by atoms with Gasteiger partial charge in [-0.3, -0.25) is 10.1 Å². The predicted octanol–water partition coefficient (Wildman–Crippen LogP) is 3.86. The van der Waals surface area contributed by atoms with Crippen LogP contribution in [0.3, 0.4) is 0 Å². The van der Waals surface area contributed by atoms with Gasteiger partial charge in [0.05, 0.1) is 15.9 Å². The fourth-order valence-electron chi connectivity index (χ4n) is 1.92. The van der Waals surface area contributed by atoms with Crippen LogP contribution in [0.15, 0.2) is 18.2 Å². The van der Waals surface area contributed by atoms with Crippen LogP contribution in [-0.2, 0) is 6.42 Å². The summed E-state index contributed by atoms with van der Waals surface area (Å²) in [7, 11) is 0. The van der Waals surface area contributed by atoms with Crippen LogP contribution >= 0.6 is 22.9 Å². The number of hydrogen-bond acceptors (Lipinski definition) is 7. The number of carbonyl (C=O) groups is 1. The zero-order valence-electron chi connectivity index (χ0n) is 12.0. The standard InChI is InChI=1S/C13H9F3N4O2S2/c1-2-7-10(24-20-19-7)11(21)18-12-17-8-4-3-6(5-9(8)23-12)22-13(14,15)16/h3-5H,2H2,1H3,(H,17,18,21). The lowest BCUT2D eigenvalue weighted by Crippen LogP contribution is -2.16. The van der Waals surface area contributed by atoms with Crippen LogP contribution in [0.4, 0.5) is 18.3 Å². The van der Waals surface area contributed by atoms with Gasteiger partial charge in [-0.25, -0.2) is 4.98 Å². The van der Waals surface area contributed by atoms with Crippen molar-refractivity contribution in [3.63, 3.8) is 0 Å². The van der Waals surface area contributed by atoms with Crippen LogP contribution in [-0.4, -0.2) is 26.8 Å². The first kappa shape index (κ1) is 16.6. The monoisotopic (exact) mass is 374 g/mol. The second kappa shape index (κ2) is 6.32. The van der Waals surface area contributed by atoms with Gasteiger partial charge in [-0.15, -0.1) is 18.3 Å². The number of aryl methyl sites for hydroxylation is 1. The van der Waals surface area contributed by atoms with Gasteiger partial charge in [0, 0.05) is 6.07 Å². The molecule has 0 aliphatic heterocycles. The van der Waals surface area contributed by atoms with Gasteiger partial charge in [-0.2, -0.15) is 0 Å². The van der Waals surface area contributed by atoms with Crippen molar-refractivity contribution in [2.45, 2.75) is 19.7 Å². The Morgan fingerprint density at radius 3 is 2.88 bits per heavy atom. The van der Waals surface area contributed by atoms with Gasteiger partial charge >= 0.3 is 6.36 Å². The third kappa shape index (κ3) is 3.62. The van der Waals surface area contributed by atoms with E-state index in [2.05, 4.69) is 24.6 Å². The fraction of sp³-hybridized carbons (Fsp3) is 0.231. The molecule has 2 aromatic heterocycles. The number of nitrogens with zero attached hydrogens (tertiary/aromatic N) is 3. The first-order chi connectivity index (χ1) is 11.4. The quantitative estimate of drug-likeness (QED) is 0.750. The van der Waals surface area contributed by atoms with Crippen LogP contribution in [0.5, 0.6) is 5.75 Å². The topological polar surface area (TPSA) is 77.0 Å². The summed E-state index contributed by atoms with van der Waals surface area (Å²) in [6, 6.07) is 3.79. The maximum atomic E-state index is 12.2. The normalized spacial score (nSPS) is 11.7. The molecule has 11 heteroatoms. The van der Waals surface area contributed by atoms with Crippen molar-refractivity contribution < 1.29 is 22.7 Å². The summed E-state index contributed by atoms with van der Waals surface area (Å²) in [4.78, 5) is 16.8. The zero-order valence-corrected chi connectivity index (χ0v) is 13.7. The van der Waals surface area contributed by atoms with Crippen LogP contribution in [0.1, 0.15) is 22.3 Å². The zero-order chi connectivity index (χ0) is 17.3. The number of carbonyl (C=O) groups excluding carboxylic acids is 1. The number of aromatic nitrogens is 3. The average Bonchev–Trinajstić information content (AvgIpc) is 3.10. The Bertz CT molecular complexity index is 891. The van der Waals surface area contributed by atoms with Crippen LogP contribution in [0.2, 0.25) is 0 Å². The summed E-state index contributed by atoms with van der Waals surface area (Å²) in [5.41, 5.74) is 1.04. The van der Waals surface area contributed by atoms with Crippen molar-refractivity contribution >= 4 is 44.1 Å². The molecule has 0 radical (unpaired) electrons. The minimum absolute atomic E-state index is 0.273. The second-order valence-corrected chi connectivity index (χ2v) is 6.34. The van der Waals surface area contributed by atoms with E-state index in [-0.39, 0.29) is 10.9 Å². The number of nitrogens with one attached hydrogen (secondary N) is 1. The number of fused-ring (bicyclic) bond motifs is 1. The summed E-state index contributed by atoms with van der Waals surface area (Å²) in [5.74, 6) is -0.732. The van der Waals surface area contributed by atoms with Crippen molar-refractivity contribution in [1.29, 1.82) is 0 Å². The highest BCUT2D eigenvalue weighted by Crippen LogP contribution is 2.32. The number of hydrogen-bond donors (Lipinski definition) is 1. The Balaban J connectivity index is 1.82. The molecule has 0 unspecified atom stereocenters. The van der Waals surface area contributed by atoms with Crippen LogP contribution in [0.25, 0.3) is 10.2 Å². The predicted molar refractivity (Wildman–Crippen MR) is 83.5 cm³/mol. The van der Waals surface area contributed by atoms with Gasteiger partial charge in [0.2, 0.25) is 0 Å². The van der Waals surface area contributed by atoms with Crippen molar-refractivity contribution in [3.8, 4) is 5.75 Å². The molecule has 0 saturated carbocycles. The van der Waals surface area contributed by atoms with Gasteiger partial charge in [-0.05, 0) is 30.1 Å². The highest BCUT2D eigenvalue weighted by Gasteiger charge is 2.31. The first-order valence-electron chi connectivity index (χ1n) is 6.64. The highest BCUT2D eigenvalue weighted by molar-refractivity contribution is 7.22. The Morgan fingerprint density at radius 1 is 1.38 bits per heavy atom. The summed E-state index contributed by atoms with van der Waals surface area (Å²) in [6.45, 7) is 1.85. The number of thiazole rings is 1. The van der Waals surface area contributed by atoms with E-state index in [1.54, 1.807) is 0 Å². The molecule has 126 valence electrons. The Kier molecular flexibility index (Phi) is 4.37. The number of anilines is 1. The van der Waals surface area contributed by atoms with E-state index >= 15 is 0 Å². The molecule has 3 aromatic rings. The molecule has 0 aliphatic carbocycles. The third-order valence-corrected chi connectivity index (χ3v) is 4.61. The summed E-state index contributed by atoms with van der Waals surface area (Å²) in [6.07, 6.45) is -4.19. The van der Waals surface area contributed by atoms with Gasteiger partial charge in [0.25, 0.3) is 5.91 Å². The third-order valence-electron chi connectivity index (χ3n) is 2.91. The number of halogens is 3. The van der Waals surface area contributed by atoms with E-state index < -0.39 is 12.3 Å². The molecule has 1 aromatic carbocycles. The Labute approximate surface area is 141 Å². The van der Waals surface area contributed by atoms with Gasteiger partial charge < -0.3 is 4.74 Å². The SMILES string of the molecule is CCc1nnsc1C(=O)Nc1nc2ccc(OC(F)(F)F)cc2s1. The van der Waals surface area contributed by atoms with E-state index in [0.29, 0.717) is 27.2 Å². The lowest BCUT2D eigenvalue weighted by molar-refractivity contribution is -0.274. The van der Waals surface area contributed by atoms with Crippen LogP contribution in [0, 0.1) is 0 Å². The minimum atomic E-state index is -4.76. The number of amides is 1. The molecule has 0 fully saturated rings. The number of rotatable bonds is 4. The molecule has 6 nitrogen and oxygen atoms in total. The highest BCUT2D eigenvalue weighted by atomic mass is 32.1. The first-order valence-corrected chi connectivity index (χ1v) is 8.23. The molecule has 0 aliphatic rings. The van der Waals surface area contributed by atoms with Crippen molar-refractivity contribution in [3.05, 3.63) is 28.8 Å². The van der Waals surface area contributed by atoms with Gasteiger partial charge in [0.15, 0.2) is 5.13 Å². The van der Waals surface area contributed by atoms with E-state index in [1.165, 1.54) is 18.2 Å². The van der Waals surface area contributed by atoms with Crippen LogP contribution < -0.4 is 10.1 Å². The molecular weight excluding hydrogens is 365 g/mol. The molecule has 0 saturated heterocycles. The van der Waals surface area contributed by atoms with E-state index in [9.17, 15) is 18.0 Å². The Hall–Kier alpha value is -2.27. The van der Waals surface area contributed by atoms with E-state index in [4.69, 9.17) is 0 Å². The lowest BCUT2D eigenvalue weighted by atomic mass is 10.3. The fourth-order valence-corrected chi connectivity index (χ4v) is 3.46. The number of benzene rings is 1. The number of alkyl halides is 3. The second-order valence-electron chi connectivity index (χ2n) is 4.55. The Morgan fingerprint density at radius 2 is 2.17 bits per heavy atom. The molecule has 0 bridgehead atoms. The molecule has 0 atom stereocenters. The molecule has 3 rings (SSSR count). The van der Waals surface area contributed by atoms with E-state index in [0.717, 1.165) is 22.9 Å². The largest absolute Gasteiger partial charge is 0.573 e. The summed E-state index contributed by atoms with van der Waals surface area (Å²) in [5, 5.41) is 6.74. The number of ether oxygens (including phenoxy) is 1. The van der Waals surface area contributed by atoms with Gasteiger partial charge in [0.1, 0.15) is 10.6 Å². The molecule has 24 heavy (non-hydrogen) atoms. The maximum Gasteiger partial charge on any atom is 0.573 e. The summed E-state index contributed by atoms with van der Waals surface area (Å²) >= 11 is 2.03. The van der Waals surface area contributed by atoms with Crippen molar-refractivity contribution in [2.75, 3.05) is 5.32 Å². The molecule has 1 amide bonds.